The summed E-state index contributed by atoms with van der Waals surface area (Å²) in [5.41, 5.74) is 7.39. The summed E-state index contributed by atoms with van der Waals surface area (Å²) in [6, 6.07) is 14.4. The van der Waals surface area contributed by atoms with Crippen molar-refractivity contribution in [2.75, 3.05) is 13.6 Å². The van der Waals surface area contributed by atoms with Crippen LogP contribution in [0.3, 0.4) is 0 Å². The summed E-state index contributed by atoms with van der Waals surface area (Å²) in [6.45, 7) is 3.75. The molecule has 0 bridgehead atoms. The summed E-state index contributed by atoms with van der Waals surface area (Å²) in [4.78, 5) is 2.24. The van der Waals surface area contributed by atoms with Crippen molar-refractivity contribution in [1.29, 1.82) is 0 Å². The van der Waals surface area contributed by atoms with E-state index in [4.69, 9.17) is 10.2 Å². The van der Waals surface area contributed by atoms with Crippen LogP contribution in [0.1, 0.15) is 29.5 Å². The Labute approximate surface area is 115 Å². The Bertz CT molecular complexity index is 492. The topological polar surface area (TPSA) is 42.4 Å². The zero-order chi connectivity index (χ0) is 13.7. The number of furan rings is 1. The van der Waals surface area contributed by atoms with E-state index in [-0.39, 0.29) is 6.04 Å². The van der Waals surface area contributed by atoms with Gasteiger partial charge in [0.05, 0.1) is 6.54 Å². The van der Waals surface area contributed by atoms with Crippen molar-refractivity contribution < 1.29 is 4.42 Å². The summed E-state index contributed by atoms with van der Waals surface area (Å²) in [7, 11) is 2.09. The standard InChI is InChI=1S/C16H22N2O/c1-13-8-9-15(19-13)12-18(2)11-10-16(17)14-6-4-3-5-7-14/h3-9,16H,10-12,17H2,1-2H3. The third-order valence-corrected chi connectivity index (χ3v) is 3.27. The molecule has 1 atom stereocenters. The van der Waals surface area contributed by atoms with E-state index >= 15 is 0 Å². The van der Waals surface area contributed by atoms with Gasteiger partial charge in [0.15, 0.2) is 0 Å². The Kier molecular flexibility index (Phi) is 4.77. The van der Waals surface area contributed by atoms with Gasteiger partial charge in [0.2, 0.25) is 0 Å². The summed E-state index contributed by atoms with van der Waals surface area (Å²) in [5.74, 6) is 1.97. The van der Waals surface area contributed by atoms with E-state index in [1.807, 2.05) is 37.3 Å². The highest BCUT2D eigenvalue weighted by atomic mass is 16.3. The lowest BCUT2D eigenvalue weighted by Crippen LogP contribution is -2.23. The zero-order valence-corrected chi connectivity index (χ0v) is 11.7. The quantitative estimate of drug-likeness (QED) is 0.865. The molecule has 19 heavy (non-hydrogen) atoms. The number of benzene rings is 1. The Balaban J connectivity index is 1.79. The van der Waals surface area contributed by atoms with Crippen molar-refractivity contribution in [3.05, 3.63) is 59.5 Å². The number of nitrogens with zero attached hydrogens (tertiary/aromatic N) is 1. The molecule has 1 heterocycles. The van der Waals surface area contributed by atoms with Crippen LogP contribution in [-0.2, 0) is 6.54 Å². The fourth-order valence-electron chi connectivity index (χ4n) is 2.14. The SMILES string of the molecule is Cc1ccc(CN(C)CCC(N)c2ccccc2)o1. The molecule has 3 heteroatoms. The minimum atomic E-state index is 0.0991. The molecule has 0 fully saturated rings. The molecule has 0 saturated carbocycles. The lowest BCUT2D eigenvalue weighted by molar-refractivity contribution is 0.281. The van der Waals surface area contributed by atoms with Crippen molar-refractivity contribution in [1.82, 2.24) is 4.90 Å². The monoisotopic (exact) mass is 258 g/mol. The highest BCUT2D eigenvalue weighted by molar-refractivity contribution is 5.18. The predicted octanol–water partition coefficient (Wildman–Crippen LogP) is 3.11. The lowest BCUT2D eigenvalue weighted by Gasteiger charge is -2.18. The van der Waals surface area contributed by atoms with Crippen LogP contribution in [0.2, 0.25) is 0 Å². The van der Waals surface area contributed by atoms with Crippen LogP contribution in [0.4, 0.5) is 0 Å². The minimum absolute atomic E-state index is 0.0991. The molecule has 2 aromatic rings. The number of hydrogen-bond donors (Lipinski definition) is 1. The van der Waals surface area contributed by atoms with Crippen LogP contribution in [0.5, 0.6) is 0 Å². The van der Waals surface area contributed by atoms with E-state index in [1.54, 1.807) is 0 Å². The van der Waals surface area contributed by atoms with Gasteiger partial charge in [-0.25, -0.2) is 0 Å². The van der Waals surface area contributed by atoms with Crippen LogP contribution >= 0.6 is 0 Å². The molecule has 0 saturated heterocycles. The van der Waals surface area contributed by atoms with Gasteiger partial charge in [-0.05, 0) is 38.1 Å². The molecule has 0 aliphatic carbocycles. The van der Waals surface area contributed by atoms with Crippen LogP contribution in [0.15, 0.2) is 46.9 Å². The normalized spacial score (nSPS) is 12.8. The third-order valence-electron chi connectivity index (χ3n) is 3.27. The highest BCUT2D eigenvalue weighted by Crippen LogP contribution is 2.14. The van der Waals surface area contributed by atoms with E-state index in [2.05, 4.69) is 24.1 Å². The maximum atomic E-state index is 6.19. The molecular formula is C16H22N2O. The summed E-state index contributed by atoms with van der Waals surface area (Å²) < 4.78 is 5.57. The van der Waals surface area contributed by atoms with Crippen LogP contribution < -0.4 is 5.73 Å². The largest absolute Gasteiger partial charge is 0.465 e. The Morgan fingerprint density at radius 2 is 1.89 bits per heavy atom. The molecule has 1 aromatic carbocycles. The van der Waals surface area contributed by atoms with E-state index in [1.165, 1.54) is 5.56 Å². The van der Waals surface area contributed by atoms with E-state index < -0.39 is 0 Å². The molecule has 102 valence electrons. The lowest BCUT2D eigenvalue weighted by atomic mass is 10.0. The molecule has 0 aliphatic heterocycles. The van der Waals surface area contributed by atoms with Gasteiger partial charge in [-0.1, -0.05) is 30.3 Å². The van der Waals surface area contributed by atoms with Gasteiger partial charge in [0.1, 0.15) is 11.5 Å². The third kappa shape index (κ3) is 4.23. The summed E-state index contributed by atoms with van der Waals surface area (Å²) in [5, 5.41) is 0. The highest BCUT2D eigenvalue weighted by Gasteiger charge is 2.08. The van der Waals surface area contributed by atoms with Crippen LogP contribution in [0.25, 0.3) is 0 Å². The van der Waals surface area contributed by atoms with Gasteiger partial charge in [-0.15, -0.1) is 0 Å². The fraction of sp³-hybridized carbons (Fsp3) is 0.375. The zero-order valence-electron chi connectivity index (χ0n) is 11.7. The molecule has 2 N–H and O–H groups in total. The van der Waals surface area contributed by atoms with Gasteiger partial charge in [-0.2, -0.15) is 0 Å². The number of rotatable bonds is 6. The molecule has 2 rings (SSSR count). The van der Waals surface area contributed by atoms with E-state index in [0.717, 1.165) is 31.0 Å². The molecule has 1 unspecified atom stereocenters. The first-order chi connectivity index (χ1) is 9.15. The second-order valence-electron chi connectivity index (χ2n) is 5.06. The first-order valence-corrected chi connectivity index (χ1v) is 6.69. The minimum Gasteiger partial charge on any atom is -0.465 e. The molecular weight excluding hydrogens is 236 g/mol. The van der Waals surface area contributed by atoms with E-state index in [9.17, 15) is 0 Å². The first kappa shape index (κ1) is 13.8. The maximum absolute atomic E-state index is 6.19. The van der Waals surface area contributed by atoms with Gasteiger partial charge in [0, 0.05) is 12.6 Å². The maximum Gasteiger partial charge on any atom is 0.118 e. The summed E-state index contributed by atoms with van der Waals surface area (Å²) >= 11 is 0. The van der Waals surface area contributed by atoms with E-state index in [0.29, 0.717) is 0 Å². The average Bonchev–Trinajstić information content (AvgIpc) is 2.82. The molecule has 0 amide bonds. The average molecular weight is 258 g/mol. The predicted molar refractivity (Wildman–Crippen MR) is 77.8 cm³/mol. The van der Waals surface area contributed by atoms with Crippen molar-refractivity contribution in [3.63, 3.8) is 0 Å². The Hall–Kier alpha value is -1.58. The van der Waals surface area contributed by atoms with Crippen molar-refractivity contribution >= 4 is 0 Å². The molecule has 0 radical (unpaired) electrons. The van der Waals surface area contributed by atoms with Crippen LogP contribution in [0, 0.1) is 6.92 Å². The number of aryl methyl sites for hydroxylation is 1. The fourth-order valence-corrected chi connectivity index (χ4v) is 2.14. The van der Waals surface area contributed by atoms with Gasteiger partial charge < -0.3 is 10.2 Å². The first-order valence-electron chi connectivity index (χ1n) is 6.69. The molecule has 0 aliphatic rings. The van der Waals surface area contributed by atoms with Crippen molar-refractivity contribution in [3.8, 4) is 0 Å². The van der Waals surface area contributed by atoms with Gasteiger partial charge >= 0.3 is 0 Å². The van der Waals surface area contributed by atoms with Crippen molar-refractivity contribution in [2.24, 2.45) is 5.73 Å². The number of hydrogen-bond acceptors (Lipinski definition) is 3. The van der Waals surface area contributed by atoms with Gasteiger partial charge in [-0.3, -0.25) is 4.90 Å². The number of nitrogens with two attached hydrogens (primary N) is 1. The molecule has 0 spiro atoms. The smallest absolute Gasteiger partial charge is 0.118 e. The molecule has 3 nitrogen and oxygen atoms in total. The second-order valence-corrected chi connectivity index (χ2v) is 5.06. The van der Waals surface area contributed by atoms with Crippen LogP contribution in [-0.4, -0.2) is 18.5 Å². The molecule has 1 aromatic heterocycles. The second kappa shape index (κ2) is 6.55. The van der Waals surface area contributed by atoms with Gasteiger partial charge in [0.25, 0.3) is 0 Å². The summed E-state index contributed by atoms with van der Waals surface area (Å²) in [6.07, 6.45) is 0.945. The Morgan fingerprint density at radius 3 is 2.53 bits per heavy atom. The Morgan fingerprint density at radius 1 is 1.16 bits per heavy atom. The van der Waals surface area contributed by atoms with Crippen molar-refractivity contribution in [2.45, 2.75) is 25.9 Å².